The van der Waals surface area contributed by atoms with Crippen LogP contribution in [-0.4, -0.2) is 21.0 Å². The van der Waals surface area contributed by atoms with Crippen LogP contribution in [0.3, 0.4) is 0 Å². The van der Waals surface area contributed by atoms with Crippen LogP contribution in [0.1, 0.15) is 16.1 Å². The number of aromatic carboxylic acids is 1. The second-order valence-corrected chi connectivity index (χ2v) is 3.92. The average molecular weight is 264 g/mol. The van der Waals surface area contributed by atoms with Crippen molar-refractivity contribution in [1.82, 2.24) is 9.97 Å². The highest BCUT2D eigenvalue weighted by atomic mass is 35.5. The van der Waals surface area contributed by atoms with Crippen LogP contribution < -0.4 is 5.32 Å². The first kappa shape index (κ1) is 12.3. The smallest absolute Gasteiger partial charge is 0.339 e. The molecule has 18 heavy (non-hydrogen) atoms. The van der Waals surface area contributed by atoms with Gasteiger partial charge in [0.2, 0.25) is 0 Å². The zero-order chi connectivity index (χ0) is 13.0. The molecule has 0 saturated carbocycles. The molecule has 2 aromatic heterocycles. The summed E-state index contributed by atoms with van der Waals surface area (Å²) in [5.74, 6) is -1.05. The molecular formula is C12H10ClN3O2. The first-order valence-corrected chi connectivity index (χ1v) is 5.57. The fourth-order valence-electron chi connectivity index (χ4n) is 1.44. The van der Waals surface area contributed by atoms with E-state index in [0.717, 1.165) is 5.69 Å². The maximum absolute atomic E-state index is 11.0. The number of nitrogens with zero attached hydrogens (tertiary/aromatic N) is 2. The van der Waals surface area contributed by atoms with Crippen LogP contribution in [0, 0.1) is 0 Å². The van der Waals surface area contributed by atoms with Gasteiger partial charge in [-0.15, -0.1) is 0 Å². The average Bonchev–Trinajstić information content (AvgIpc) is 2.37. The molecule has 0 spiro atoms. The molecule has 0 aliphatic rings. The van der Waals surface area contributed by atoms with Gasteiger partial charge in [0.1, 0.15) is 10.7 Å². The Bertz CT molecular complexity index is 561. The van der Waals surface area contributed by atoms with E-state index in [1.54, 1.807) is 6.20 Å². The SMILES string of the molecule is O=C(O)c1cnc(Cl)cc1NCc1ccccn1. The maximum atomic E-state index is 11.0. The highest BCUT2D eigenvalue weighted by molar-refractivity contribution is 6.29. The molecule has 2 aromatic rings. The number of pyridine rings is 2. The van der Waals surface area contributed by atoms with E-state index < -0.39 is 5.97 Å². The van der Waals surface area contributed by atoms with E-state index in [4.69, 9.17) is 16.7 Å². The van der Waals surface area contributed by atoms with Crippen LogP contribution in [0.25, 0.3) is 0 Å². The van der Waals surface area contributed by atoms with Crippen molar-refractivity contribution in [1.29, 1.82) is 0 Å². The molecule has 2 N–H and O–H groups in total. The summed E-state index contributed by atoms with van der Waals surface area (Å²) >= 11 is 5.74. The molecule has 0 aliphatic heterocycles. The molecule has 2 heterocycles. The Balaban J connectivity index is 2.18. The normalized spacial score (nSPS) is 10.1. The molecule has 0 amide bonds. The van der Waals surface area contributed by atoms with Crippen LogP contribution >= 0.6 is 11.6 Å². The Kier molecular flexibility index (Phi) is 3.74. The number of hydrogen-bond acceptors (Lipinski definition) is 4. The minimum absolute atomic E-state index is 0.0790. The van der Waals surface area contributed by atoms with Crippen molar-refractivity contribution >= 4 is 23.3 Å². The summed E-state index contributed by atoms with van der Waals surface area (Å²) < 4.78 is 0. The fraction of sp³-hybridized carbons (Fsp3) is 0.0833. The number of hydrogen-bond donors (Lipinski definition) is 2. The molecule has 5 nitrogen and oxygen atoms in total. The predicted molar refractivity (Wildman–Crippen MR) is 67.8 cm³/mol. The van der Waals surface area contributed by atoms with Gasteiger partial charge in [-0.3, -0.25) is 4.98 Å². The molecule has 0 saturated heterocycles. The van der Waals surface area contributed by atoms with Gasteiger partial charge < -0.3 is 10.4 Å². The van der Waals surface area contributed by atoms with Gasteiger partial charge >= 0.3 is 5.97 Å². The maximum Gasteiger partial charge on any atom is 0.339 e. The van der Waals surface area contributed by atoms with E-state index in [1.165, 1.54) is 12.3 Å². The number of halogens is 1. The van der Waals surface area contributed by atoms with Crippen LogP contribution in [0.15, 0.2) is 36.7 Å². The van der Waals surface area contributed by atoms with Gasteiger partial charge in [0.05, 0.1) is 17.9 Å². The van der Waals surface area contributed by atoms with Gasteiger partial charge in [0.15, 0.2) is 0 Å². The summed E-state index contributed by atoms with van der Waals surface area (Å²) in [6.07, 6.45) is 2.90. The molecule has 0 bridgehead atoms. The lowest BCUT2D eigenvalue weighted by molar-refractivity contribution is 0.0697. The van der Waals surface area contributed by atoms with Crippen molar-refractivity contribution in [2.75, 3.05) is 5.32 Å². The highest BCUT2D eigenvalue weighted by Gasteiger charge is 2.11. The van der Waals surface area contributed by atoms with Crippen LogP contribution in [0.2, 0.25) is 5.15 Å². The van der Waals surface area contributed by atoms with Crippen LogP contribution in [0.4, 0.5) is 5.69 Å². The largest absolute Gasteiger partial charge is 0.478 e. The number of anilines is 1. The van der Waals surface area contributed by atoms with E-state index in [9.17, 15) is 4.79 Å². The minimum atomic E-state index is -1.05. The zero-order valence-corrected chi connectivity index (χ0v) is 10.1. The molecule has 0 aromatic carbocycles. The van der Waals surface area contributed by atoms with Gasteiger partial charge in [-0.2, -0.15) is 0 Å². The molecular weight excluding hydrogens is 254 g/mol. The lowest BCUT2D eigenvalue weighted by Gasteiger charge is -2.09. The van der Waals surface area contributed by atoms with Crippen molar-refractivity contribution in [3.63, 3.8) is 0 Å². The summed E-state index contributed by atoms with van der Waals surface area (Å²) in [6, 6.07) is 7.00. The lowest BCUT2D eigenvalue weighted by Crippen LogP contribution is -2.07. The molecule has 2 rings (SSSR count). The van der Waals surface area contributed by atoms with Crippen LogP contribution in [0.5, 0.6) is 0 Å². The van der Waals surface area contributed by atoms with Gasteiger partial charge in [-0.1, -0.05) is 17.7 Å². The summed E-state index contributed by atoms with van der Waals surface area (Å²) in [5.41, 5.74) is 1.31. The summed E-state index contributed by atoms with van der Waals surface area (Å²) in [7, 11) is 0. The Morgan fingerprint density at radius 1 is 1.39 bits per heavy atom. The second kappa shape index (κ2) is 5.46. The molecule has 0 unspecified atom stereocenters. The van der Waals surface area contributed by atoms with E-state index in [-0.39, 0.29) is 10.7 Å². The standard InChI is InChI=1S/C12H10ClN3O2/c13-11-5-10(9(7-16-11)12(17)18)15-6-8-3-1-2-4-14-8/h1-5,7H,6H2,(H,15,16)(H,17,18). The van der Waals surface area contributed by atoms with Gasteiger partial charge in [0, 0.05) is 12.4 Å². The van der Waals surface area contributed by atoms with Crippen molar-refractivity contribution in [3.8, 4) is 0 Å². The van der Waals surface area contributed by atoms with Crippen molar-refractivity contribution in [3.05, 3.63) is 53.1 Å². The quantitative estimate of drug-likeness (QED) is 0.829. The number of rotatable bonds is 4. The second-order valence-electron chi connectivity index (χ2n) is 3.53. The van der Waals surface area contributed by atoms with Crippen molar-refractivity contribution in [2.45, 2.75) is 6.54 Å². The molecule has 0 radical (unpaired) electrons. The van der Waals surface area contributed by atoms with Gasteiger partial charge in [-0.25, -0.2) is 9.78 Å². The highest BCUT2D eigenvalue weighted by Crippen LogP contribution is 2.19. The van der Waals surface area contributed by atoms with Gasteiger partial charge in [-0.05, 0) is 18.2 Å². The Hall–Kier alpha value is -2.14. The predicted octanol–water partition coefficient (Wildman–Crippen LogP) is 2.44. The number of carboxylic acid groups (broad SMARTS) is 1. The topological polar surface area (TPSA) is 75.1 Å². The minimum Gasteiger partial charge on any atom is -0.478 e. The Morgan fingerprint density at radius 3 is 2.89 bits per heavy atom. The third-order valence-electron chi connectivity index (χ3n) is 2.29. The molecule has 0 fully saturated rings. The number of nitrogens with one attached hydrogen (secondary N) is 1. The fourth-order valence-corrected chi connectivity index (χ4v) is 1.59. The van der Waals surface area contributed by atoms with Gasteiger partial charge in [0.25, 0.3) is 0 Å². The Morgan fingerprint density at radius 2 is 2.22 bits per heavy atom. The molecule has 6 heteroatoms. The van der Waals surface area contributed by atoms with E-state index in [1.807, 2.05) is 18.2 Å². The number of carbonyl (C=O) groups is 1. The van der Waals surface area contributed by atoms with Crippen molar-refractivity contribution in [2.24, 2.45) is 0 Å². The third kappa shape index (κ3) is 2.95. The molecule has 0 atom stereocenters. The monoisotopic (exact) mass is 263 g/mol. The van der Waals surface area contributed by atoms with E-state index in [0.29, 0.717) is 12.2 Å². The Labute approximate surface area is 108 Å². The first-order valence-electron chi connectivity index (χ1n) is 5.19. The summed E-state index contributed by atoms with van der Waals surface area (Å²) in [6.45, 7) is 0.418. The summed E-state index contributed by atoms with van der Waals surface area (Å²) in [5, 5.41) is 12.2. The number of aromatic nitrogens is 2. The molecule has 92 valence electrons. The zero-order valence-electron chi connectivity index (χ0n) is 9.30. The molecule has 0 aliphatic carbocycles. The third-order valence-corrected chi connectivity index (χ3v) is 2.49. The number of carboxylic acids is 1. The van der Waals surface area contributed by atoms with Crippen molar-refractivity contribution < 1.29 is 9.90 Å². The summed E-state index contributed by atoms with van der Waals surface area (Å²) in [4.78, 5) is 18.9. The first-order chi connectivity index (χ1) is 8.66. The van der Waals surface area contributed by atoms with Crippen LogP contribution in [-0.2, 0) is 6.54 Å². The van der Waals surface area contributed by atoms with E-state index in [2.05, 4.69) is 15.3 Å². The van der Waals surface area contributed by atoms with E-state index >= 15 is 0 Å². The lowest BCUT2D eigenvalue weighted by atomic mass is 10.2.